The van der Waals surface area contributed by atoms with Crippen LogP contribution in [0, 0.1) is 0 Å². The number of H-pyrrole nitrogens is 1. The molecule has 1 fully saturated rings. The lowest BCUT2D eigenvalue weighted by Crippen LogP contribution is -2.50. The Hall–Kier alpha value is -2.85. The van der Waals surface area contributed by atoms with Crippen molar-refractivity contribution < 1.29 is 23.1 Å². The van der Waals surface area contributed by atoms with Crippen LogP contribution in [0.2, 0.25) is 36.3 Å². The van der Waals surface area contributed by atoms with Crippen LogP contribution in [-0.2, 0) is 18.3 Å². The maximum absolute atomic E-state index is 13.5. The van der Waals surface area contributed by atoms with Crippen LogP contribution in [-0.4, -0.2) is 67.0 Å². The number of nitrogens with zero attached hydrogens (tertiary/aromatic N) is 3. The first-order valence-electron chi connectivity index (χ1n) is 14.3. The number of hydrogen-bond donors (Lipinski definition) is 2. The molecule has 0 amide bonds. The molecule has 3 heterocycles. The number of esters is 1. The van der Waals surface area contributed by atoms with Crippen LogP contribution in [0.15, 0.2) is 41.5 Å². The number of imidazole rings is 1. The zero-order chi connectivity index (χ0) is 31.3. The van der Waals surface area contributed by atoms with Crippen molar-refractivity contribution in [1.29, 1.82) is 0 Å². The number of benzene rings is 1. The quantitative estimate of drug-likeness (QED) is 0.257. The largest absolute Gasteiger partial charge is 0.453 e. The normalized spacial score (nSPS) is 22.0. The summed E-state index contributed by atoms with van der Waals surface area (Å²) >= 11 is 0. The summed E-state index contributed by atoms with van der Waals surface area (Å²) in [7, 11) is -4.65. The molecular weight excluding hydrogens is 571 g/mol. The minimum atomic E-state index is -2.45. The fraction of sp³-hybridized carbons (Fsp3) is 0.586. The summed E-state index contributed by atoms with van der Waals surface area (Å²) in [5.74, 6) is -0.528. The summed E-state index contributed by atoms with van der Waals surface area (Å²) < 4.78 is 28.1. The second-order valence-electron chi connectivity index (χ2n) is 14.0. The van der Waals surface area contributed by atoms with E-state index in [2.05, 4.69) is 82.7 Å². The van der Waals surface area contributed by atoms with Crippen LogP contribution in [0.3, 0.4) is 0 Å². The predicted octanol–water partition coefficient (Wildman–Crippen LogP) is 5.24. The third-order valence-electron chi connectivity index (χ3n) is 8.91. The third-order valence-corrected chi connectivity index (χ3v) is 17.9. The van der Waals surface area contributed by atoms with Crippen LogP contribution in [0.5, 0.6) is 0 Å². The van der Waals surface area contributed by atoms with E-state index >= 15 is 0 Å². The number of nitrogen functional groups attached to an aromatic ring is 1. The predicted molar refractivity (Wildman–Crippen MR) is 167 cm³/mol. The van der Waals surface area contributed by atoms with Gasteiger partial charge in [0.1, 0.15) is 12.2 Å². The molecule has 0 radical (unpaired) electrons. The molecule has 1 saturated heterocycles. The second-order valence-corrected chi connectivity index (χ2v) is 23.6. The first kappa shape index (κ1) is 32.1. The number of ether oxygens (including phenoxy) is 2. The van der Waals surface area contributed by atoms with Gasteiger partial charge >= 0.3 is 5.97 Å². The van der Waals surface area contributed by atoms with Crippen molar-refractivity contribution in [2.75, 3.05) is 12.3 Å². The highest BCUT2D eigenvalue weighted by atomic mass is 28.4. The van der Waals surface area contributed by atoms with Crippen LogP contribution in [0.25, 0.3) is 11.2 Å². The van der Waals surface area contributed by atoms with Crippen LogP contribution in [0.1, 0.15) is 58.1 Å². The van der Waals surface area contributed by atoms with Gasteiger partial charge in [-0.05, 0) is 48.4 Å². The van der Waals surface area contributed by atoms with Gasteiger partial charge in [-0.1, -0.05) is 59.7 Å². The lowest BCUT2D eigenvalue weighted by molar-refractivity contribution is -0.0500. The Morgan fingerprint density at radius 2 is 1.64 bits per heavy atom. The van der Waals surface area contributed by atoms with E-state index < -0.39 is 52.7 Å². The van der Waals surface area contributed by atoms with E-state index in [9.17, 15) is 9.59 Å². The second kappa shape index (κ2) is 11.3. The number of carbonyl (C=O) groups is 1. The van der Waals surface area contributed by atoms with Gasteiger partial charge < -0.3 is 24.1 Å². The molecule has 42 heavy (non-hydrogen) atoms. The fourth-order valence-corrected chi connectivity index (χ4v) is 6.55. The molecule has 0 saturated carbocycles. The molecule has 0 bridgehead atoms. The molecule has 0 spiro atoms. The summed E-state index contributed by atoms with van der Waals surface area (Å²) in [6, 6.07) is 8.84. The molecule has 230 valence electrons. The van der Waals surface area contributed by atoms with E-state index in [0.717, 1.165) is 0 Å². The fourth-order valence-electron chi connectivity index (χ4n) is 4.25. The number of nitrogens with one attached hydrogen (secondary N) is 1. The van der Waals surface area contributed by atoms with Crippen molar-refractivity contribution in [2.45, 2.75) is 102 Å². The minimum Gasteiger partial charge on any atom is -0.453 e. The van der Waals surface area contributed by atoms with Gasteiger partial charge in [-0.3, -0.25) is 14.3 Å². The summed E-state index contributed by atoms with van der Waals surface area (Å²) in [4.78, 5) is 37.2. The van der Waals surface area contributed by atoms with Crippen molar-refractivity contribution in [3.05, 3.63) is 52.6 Å². The van der Waals surface area contributed by atoms with E-state index in [1.165, 1.54) is 6.33 Å². The topological polar surface area (TPSA) is 144 Å². The highest BCUT2D eigenvalue weighted by Crippen LogP contribution is 2.44. The Balaban J connectivity index is 1.82. The van der Waals surface area contributed by atoms with Crippen molar-refractivity contribution in [3.8, 4) is 0 Å². The lowest BCUT2D eigenvalue weighted by Gasteiger charge is -2.40. The number of aromatic nitrogens is 4. The highest BCUT2D eigenvalue weighted by molar-refractivity contribution is 6.74. The Bertz CT molecular complexity index is 1480. The average Bonchev–Trinajstić information content (AvgIpc) is 3.43. The van der Waals surface area contributed by atoms with E-state index in [4.69, 9.17) is 24.1 Å². The summed E-state index contributed by atoms with van der Waals surface area (Å²) in [5.41, 5.74) is 6.25. The SMILES string of the molecule is CC(C)(C)[Si](C)(C)OC[C@H]1O[C@@H](n2cnc3c(=O)[nH]c(N)nc32)C(O[Si](C)(C)C(C)(C)C)C1OC(=O)c1ccccc1. The van der Waals surface area contributed by atoms with Crippen molar-refractivity contribution in [3.63, 3.8) is 0 Å². The molecule has 3 aromatic rings. The van der Waals surface area contributed by atoms with E-state index in [0.29, 0.717) is 5.56 Å². The Morgan fingerprint density at radius 1 is 1.02 bits per heavy atom. The molecule has 2 unspecified atom stereocenters. The molecule has 1 aliphatic heterocycles. The number of carbonyl (C=O) groups excluding carboxylic acids is 1. The van der Waals surface area contributed by atoms with Gasteiger partial charge in [0, 0.05) is 0 Å². The number of rotatable bonds is 8. The summed E-state index contributed by atoms with van der Waals surface area (Å²) in [5, 5.41) is -0.195. The highest BCUT2D eigenvalue weighted by Gasteiger charge is 2.54. The molecule has 0 aliphatic carbocycles. The maximum atomic E-state index is 13.5. The number of nitrogens with two attached hydrogens (primary N) is 1. The number of hydrogen-bond acceptors (Lipinski definition) is 9. The standard InChI is InChI=1S/C29H45N5O6Si2/c1-28(2,3)41(7,8)37-16-19-21(39-26(36)18-14-12-11-13-15-18)22(40-42(9,10)29(4,5)6)25(38-19)34-17-31-20-23(34)32-27(30)33-24(20)35/h11-15,17,19,21-22,25H,16H2,1-10H3,(H3,30,32,33,35)/t19-,21?,22?,25-/m1/s1. The Kier molecular flexibility index (Phi) is 8.66. The summed E-state index contributed by atoms with van der Waals surface area (Å²) in [6.07, 6.45) is -1.56. The number of fused-ring (bicyclic) bond motifs is 1. The van der Waals surface area contributed by atoms with Crippen molar-refractivity contribution in [2.24, 2.45) is 0 Å². The van der Waals surface area contributed by atoms with Crippen molar-refractivity contribution in [1.82, 2.24) is 19.5 Å². The molecule has 11 nitrogen and oxygen atoms in total. The van der Waals surface area contributed by atoms with Crippen LogP contribution in [0.4, 0.5) is 5.95 Å². The van der Waals surface area contributed by atoms with Gasteiger partial charge in [-0.2, -0.15) is 4.98 Å². The lowest BCUT2D eigenvalue weighted by atomic mass is 10.1. The first-order valence-corrected chi connectivity index (χ1v) is 20.1. The van der Waals surface area contributed by atoms with Gasteiger partial charge in [0.25, 0.3) is 5.56 Å². The van der Waals surface area contributed by atoms with Gasteiger partial charge in [-0.25, -0.2) is 9.78 Å². The zero-order valence-corrected chi connectivity index (χ0v) is 28.3. The van der Waals surface area contributed by atoms with Crippen molar-refractivity contribution >= 4 is 39.7 Å². The number of anilines is 1. The maximum Gasteiger partial charge on any atom is 0.338 e. The molecule has 1 aromatic carbocycles. The average molecular weight is 616 g/mol. The van der Waals surface area contributed by atoms with Gasteiger partial charge in [0.05, 0.1) is 18.5 Å². The molecule has 1 aliphatic rings. The van der Waals surface area contributed by atoms with E-state index in [1.807, 2.05) is 6.07 Å². The van der Waals surface area contributed by atoms with E-state index in [-0.39, 0.29) is 33.8 Å². The molecule has 13 heteroatoms. The minimum absolute atomic E-state index is 0.0404. The smallest absolute Gasteiger partial charge is 0.338 e. The van der Waals surface area contributed by atoms with Gasteiger partial charge in [0.15, 0.2) is 40.1 Å². The Labute approximate surface area is 249 Å². The zero-order valence-electron chi connectivity index (χ0n) is 26.3. The first-order chi connectivity index (χ1) is 19.3. The molecule has 4 atom stereocenters. The van der Waals surface area contributed by atoms with Gasteiger partial charge in [0.2, 0.25) is 5.95 Å². The molecule has 4 rings (SSSR count). The third kappa shape index (κ3) is 6.39. The molecule has 3 N–H and O–H groups in total. The Morgan fingerprint density at radius 3 is 2.24 bits per heavy atom. The summed E-state index contributed by atoms with van der Waals surface area (Å²) in [6.45, 7) is 21.7. The van der Waals surface area contributed by atoms with E-state index in [1.54, 1.807) is 28.8 Å². The molecular formula is C29H45N5O6Si2. The molecule has 2 aromatic heterocycles. The van der Waals surface area contributed by atoms with Crippen LogP contribution < -0.4 is 11.3 Å². The number of aromatic amines is 1. The van der Waals surface area contributed by atoms with Gasteiger partial charge in [-0.15, -0.1) is 0 Å². The van der Waals surface area contributed by atoms with Crippen LogP contribution >= 0.6 is 0 Å². The monoisotopic (exact) mass is 615 g/mol.